The summed E-state index contributed by atoms with van der Waals surface area (Å²) in [5.74, 6) is -1.74. The second-order valence-electron chi connectivity index (χ2n) is 4.45. The van der Waals surface area contributed by atoms with Gasteiger partial charge in [-0.2, -0.15) is 0 Å². The standard InChI is InChI=1S/C13H11F2N3S2/c1-7-16-8(6-20-7)4-5-18-12-10(17-13(18)19)3-2-9(14)11(12)15/h2-3,6H,4-5H2,1H3,(H,17,19). The van der Waals surface area contributed by atoms with E-state index in [1.54, 1.807) is 15.9 Å². The maximum absolute atomic E-state index is 13.9. The van der Waals surface area contributed by atoms with E-state index in [0.29, 0.717) is 23.3 Å². The minimum Gasteiger partial charge on any atom is -0.330 e. The molecule has 0 saturated carbocycles. The molecule has 2 aromatic heterocycles. The van der Waals surface area contributed by atoms with E-state index in [-0.39, 0.29) is 5.52 Å². The van der Waals surface area contributed by atoms with Gasteiger partial charge in [-0.3, -0.25) is 0 Å². The summed E-state index contributed by atoms with van der Waals surface area (Å²) in [5.41, 5.74) is 1.62. The number of rotatable bonds is 3. The van der Waals surface area contributed by atoms with E-state index in [1.165, 1.54) is 6.07 Å². The number of hydrogen-bond donors (Lipinski definition) is 1. The topological polar surface area (TPSA) is 33.6 Å². The number of H-pyrrole nitrogens is 1. The zero-order valence-corrected chi connectivity index (χ0v) is 12.2. The lowest BCUT2D eigenvalue weighted by Crippen LogP contribution is -2.03. The fraction of sp³-hybridized carbons (Fsp3) is 0.231. The number of nitrogens with one attached hydrogen (secondary N) is 1. The highest BCUT2D eigenvalue weighted by molar-refractivity contribution is 7.71. The molecule has 0 saturated heterocycles. The van der Waals surface area contributed by atoms with Crippen LogP contribution in [0.15, 0.2) is 17.5 Å². The highest BCUT2D eigenvalue weighted by Gasteiger charge is 2.13. The fourth-order valence-electron chi connectivity index (χ4n) is 2.15. The molecule has 20 heavy (non-hydrogen) atoms. The fourth-order valence-corrected chi connectivity index (χ4v) is 3.09. The summed E-state index contributed by atoms with van der Waals surface area (Å²) < 4.78 is 29.3. The Balaban J connectivity index is 2.00. The summed E-state index contributed by atoms with van der Waals surface area (Å²) in [5, 5.41) is 2.95. The van der Waals surface area contributed by atoms with E-state index in [2.05, 4.69) is 9.97 Å². The van der Waals surface area contributed by atoms with Gasteiger partial charge in [-0.25, -0.2) is 13.8 Å². The first-order valence-electron chi connectivity index (χ1n) is 6.04. The average molecular weight is 311 g/mol. The molecule has 3 aromatic rings. The lowest BCUT2D eigenvalue weighted by Gasteiger charge is -2.04. The van der Waals surface area contributed by atoms with Crippen molar-refractivity contribution >= 4 is 34.6 Å². The number of aryl methyl sites for hydroxylation is 3. The predicted molar refractivity (Wildman–Crippen MR) is 77.6 cm³/mol. The maximum atomic E-state index is 13.9. The van der Waals surface area contributed by atoms with Gasteiger partial charge in [-0.15, -0.1) is 11.3 Å². The average Bonchev–Trinajstić information content (AvgIpc) is 2.95. The number of imidazole rings is 1. The van der Waals surface area contributed by atoms with Crippen molar-refractivity contribution in [1.29, 1.82) is 0 Å². The highest BCUT2D eigenvalue weighted by Crippen LogP contribution is 2.21. The lowest BCUT2D eigenvalue weighted by molar-refractivity contribution is 0.510. The lowest BCUT2D eigenvalue weighted by atomic mass is 10.2. The number of aromatic nitrogens is 3. The van der Waals surface area contributed by atoms with Gasteiger partial charge in [-0.1, -0.05) is 0 Å². The van der Waals surface area contributed by atoms with Crippen LogP contribution in [0.4, 0.5) is 8.78 Å². The molecule has 104 valence electrons. The van der Waals surface area contributed by atoms with Crippen molar-refractivity contribution in [3.05, 3.63) is 44.6 Å². The summed E-state index contributed by atoms with van der Waals surface area (Å²) in [4.78, 5) is 7.24. The van der Waals surface area contributed by atoms with Gasteiger partial charge in [0.2, 0.25) is 0 Å². The van der Waals surface area contributed by atoms with Crippen LogP contribution in [0.3, 0.4) is 0 Å². The number of fused-ring (bicyclic) bond motifs is 1. The summed E-state index contributed by atoms with van der Waals surface area (Å²) >= 11 is 6.74. The second-order valence-corrected chi connectivity index (χ2v) is 5.90. The van der Waals surface area contributed by atoms with Gasteiger partial charge < -0.3 is 9.55 Å². The first-order valence-corrected chi connectivity index (χ1v) is 7.32. The quantitative estimate of drug-likeness (QED) is 0.742. The number of thiazole rings is 1. The molecule has 0 fully saturated rings. The number of nitrogens with zero attached hydrogens (tertiary/aromatic N) is 2. The molecule has 0 aliphatic heterocycles. The zero-order valence-electron chi connectivity index (χ0n) is 10.6. The summed E-state index contributed by atoms with van der Waals surface area (Å²) in [6.45, 7) is 2.39. The Morgan fingerprint density at radius 2 is 2.20 bits per heavy atom. The van der Waals surface area contributed by atoms with Crippen LogP contribution in [0.1, 0.15) is 10.7 Å². The third kappa shape index (κ3) is 2.27. The van der Waals surface area contributed by atoms with Crippen molar-refractivity contribution in [3.8, 4) is 0 Å². The van der Waals surface area contributed by atoms with E-state index in [9.17, 15) is 8.78 Å². The normalized spacial score (nSPS) is 11.3. The van der Waals surface area contributed by atoms with E-state index >= 15 is 0 Å². The molecule has 2 heterocycles. The SMILES string of the molecule is Cc1nc(CCn2c(=S)[nH]c3ccc(F)c(F)c32)cs1. The second kappa shape index (κ2) is 5.06. The molecule has 1 N–H and O–H groups in total. The minimum absolute atomic E-state index is 0.182. The molecule has 7 heteroatoms. The Hall–Kier alpha value is -1.60. The van der Waals surface area contributed by atoms with Gasteiger partial charge in [0.05, 0.1) is 16.2 Å². The smallest absolute Gasteiger partial charge is 0.184 e. The molecule has 0 radical (unpaired) electrons. The summed E-state index contributed by atoms with van der Waals surface area (Å²) in [6, 6.07) is 2.59. The van der Waals surface area contributed by atoms with Gasteiger partial charge in [0, 0.05) is 18.3 Å². The van der Waals surface area contributed by atoms with Crippen LogP contribution in [0, 0.1) is 23.3 Å². The van der Waals surface area contributed by atoms with Crippen LogP contribution in [-0.2, 0) is 13.0 Å². The van der Waals surface area contributed by atoms with Crippen LogP contribution in [0.5, 0.6) is 0 Å². The minimum atomic E-state index is -0.871. The van der Waals surface area contributed by atoms with Crippen molar-refractivity contribution in [3.63, 3.8) is 0 Å². The van der Waals surface area contributed by atoms with E-state index in [0.717, 1.165) is 16.8 Å². The Morgan fingerprint density at radius 1 is 1.40 bits per heavy atom. The Morgan fingerprint density at radius 3 is 2.90 bits per heavy atom. The van der Waals surface area contributed by atoms with Gasteiger partial charge in [0.25, 0.3) is 0 Å². The third-order valence-electron chi connectivity index (χ3n) is 3.08. The molecule has 0 spiro atoms. The first kappa shape index (κ1) is 13.4. The molecular weight excluding hydrogens is 300 g/mol. The Kier molecular flexibility index (Phi) is 3.39. The largest absolute Gasteiger partial charge is 0.330 e. The third-order valence-corrected chi connectivity index (χ3v) is 4.23. The molecule has 0 bridgehead atoms. The molecule has 0 amide bonds. The maximum Gasteiger partial charge on any atom is 0.184 e. The van der Waals surface area contributed by atoms with E-state index < -0.39 is 11.6 Å². The zero-order chi connectivity index (χ0) is 14.3. The molecule has 0 unspecified atom stereocenters. The van der Waals surface area contributed by atoms with Crippen molar-refractivity contribution in [1.82, 2.24) is 14.5 Å². The molecular formula is C13H11F2N3S2. The van der Waals surface area contributed by atoms with Crippen LogP contribution < -0.4 is 0 Å². The van der Waals surface area contributed by atoms with Crippen molar-refractivity contribution in [2.75, 3.05) is 0 Å². The van der Waals surface area contributed by atoms with Crippen LogP contribution in [-0.4, -0.2) is 14.5 Å². The van der Waals surface area contributed by atoms with E-state index in [1.807, 2.05) is 12.3 Å². The number of hydrogen-bond acceptors (Lipinski definition) is 3. The van der Waals surface area contributed by atoms with Crippen LogP contribution in [0.25, 0.3) is 11.0 Å². The monoisotopic (exact) mass is 311 g/mol. The number of aromatic amines is 1. The van der Waals surface area contributed by atoms with E-state index in [4.69, 9.17) is 12.2 Å². The molecule has 0 aliphatic carbocycles. The molecule has 3 nitrogen and oxygen atoms in total. The first-order chi connectivity index (χ1) is 9.56. The number of halogens is 2. The molecule has 0 aliphatic rings. The van der Waals surface area contributed by atoms with Gasteiger partial charge in [-0.05, 0) is 31.3 Å². The molecule has 3 rings (SSSR count). The highest BCUT2D eigenvalue weighted by atomic mass is 32.1. The van der Waals surface area contributed by atoms with Crippen LogP contribution >= 0.6 is 23.6 Å². The molecule has 1 aromatic carbocycles. The van der Waals surface area contributed by atoms with Gasteiger partial charge in [0.15, 0.2) is 16.4 Å². The van der Waals surface area contributed by atoms with Crippen molar-refractivity contribution < 1.29 is 8.78 Å². The van der Waals surface area contributed by atoms with Gasteiger partial charge in [0.1, 0.15) is 5.52 Å². The van der Waals surface area contributed by atoms with Crippen molar-refractivity contribution in [2.45, 2.75) is 19.9 Å². The summed E-state index contributed by atoms with van der Waals surface area (Å²) in [7, 11) is 0. The van der Waals surface area contributed by atoms with Gasteiger partial charge >= 0.3 is 0 Å². The Bertz CT molecular complexity index is 832. The Labute approximate surface area is 122 Å². The summed E-state index contributed by atoms with van der Waals surface area (Å²) in [6.07, 6.45) is 0.627. The molecule has 0 atom stereocenters. The van der Waals surface area contributed by atoms with Crippen molar-refractivity contribution in [2.24, 2.45) is 0 Å². The predicted octanol–water partition coefficient (Wildman–Crippen LogP) is 3.98. The number of benzene rings is 1. The van der Waals surface area contributed by atoms with Crippen LogP contribution in [0.2, 0.25) is 0 Å².